The first-order valence-corrected chi connectivity index (χ1v) is 4.89. The summed E-state index contributed by atoms with van der Waals surface area (Å²) in [6, 6.07) is 0. The molecule has 1 aliphatic heterocycles. The SMILES string of the molecule is Cc1sc2c(c1C)CNCC2. The largest absolute Gasteiger partial charge is 0.312 e. The van der Waals surface area contributed by atoms with E-state index in [1.807, 2.05) is 11.3 Å². The third-order valence-corrected chi connectivity index (χ3v) is 3.73. The van der Waals surface area contributed by atoms with Crippen molar-refractivity contribution < 1.29 is 0 Å². The average molecular weight is 167 g/mol. The van der Waals surface area contributed by atoms with Gasteiger partial charge >= 0.3 is 0 Å². The lowest BCUT2D eigenvalue weighted by molar-refractivity contribution is 0.650. The van der Waals surface area contributed by atoms with Gasteiger partial charge in [0.15, 0.2) is 0 Å². The first-order chi connectivity index (χ1) is 5.29. The van der Waals surface area contributed by atoms with Crippen LogP contribution in [0.15, 0.2) is 0 Å². The Hall–Kier alpha value is -0.340. The summed E-state index contributed by atoms with van der Waals surface area (Å²) in [5, 5.41) is 3.40. The Balaban J connectivity index is 2.50. The van der Waals surface area contributed by atoms with Crippen molar-refractivity contribution in [3.8, 4) is 0 Å². The van der Waals surface area contributed by atoms with Gasteiger partial charge in [-0.25, -0.2) is 0 Å². The van der Waals surface area contributed by atoms with Crippen LogP contribution in [-0.4, -0.2) is 6.54 Å². The van der Waals surface area contributed by atoms with Crippen LogP contribution in [0.25, 0.3) is 0 Å². The zero-order chi connectivity index (χ0) is 7.84. The summed E-state index contributed by atoms with van der Waals surface area (Å²) < 4.78 is 0. The van der Waals surface area contributed by atoms with Gasteiger partial charge in [0.2, 0.25) is 0 Å². The normalized spacial score (nSPS) is 16.5. The second-order valence-corrected chi connectivity index (χ2v) is 4.42. The molecule has 0 fully saturated rings. The molecule has 60 valence electrons. The topological polar surface area (TPSA) is 12.0 Å². The summed E-state index contributed by atoms with van der Waals surface area (Å²) >= 11 is 1.98. The predicted molar refractivity (Wildman–Crippen MR) is 49.2 cm³/mol. The number of rotatable bonds is 0. The van der Waals surface area contributed by atoms with Crippen LogP contribution in [0.2, 0.25) is 0 Å². The van der Waals surface area contributed by atoms with E-state index < -0.39 is 0 Å². The van der Waals surface area contributed by atoms with Crippen molar-refractivity contribution in [2.75, 3.05) is 6.54 Å². The molecule has 0 amide bonds. The maximum Gasteiger partial charge on any atom is 0.0219 e. The fraction of sp³-hybridized carbons (Fsp3) is 0.556. The van der Waals surface area contributed by atoms with Crippen molar-refractivity contribution in [3.05, 3.63) is 20.9 Å². The summed E-state index contributed by atoms with van der Waals surface area (Å²) in [5.74, 6) is 0. The van der Waals surface area contributed by atoms with Crippen LogP contribution in [0.5, 0.6) is 0 Å². The van der Waals surface area contributed by atoms with Gasteiger partial charge in [-0.3, -0.25) is 0 Å². The summed E-state index contributed by atoms with van der Waals surface area (Å²) in [5.41, 5.74) is 3.08. The van der Waals surface area contributed by atoms with E-state index in [9.17, 15) is 0 Å². The number of thiophene rings is 1. The summed E-state index contributed by atoms with van der Waals surface area (Å²) in [6.07, 6.45) is 1.23. The van der Waals surface area contributed by atoms with E-state index in [0.29, 0.717) is 0 Å². The van der Waals surface area contributed by atoms with Crippen LogP contribution >= 0.6 is 11.3 Å². The highest BCUT2D eigenvalue weighted by molar-refractivity contribution is 7.12. The Morgan fingerprint density at radius 2 is 2.18 bits per heavy atom. The molecule has 0 radical (unpaired) electrons. The minimum absolute atomic E-state index is 1.09. The van der Waals surface area contributed by atoms with Gasteiger partial charge in [-0.1, -0.05) is 0 Å². The summed E-state index contributed by atoms with van der Waals surface area (Å²) in [6.45, 7) is 6.70. The molecule has 0 spiro atoms. The molecule has 0 unspecified atom stereocenters. The zero-order valence-electron chi connectivity index (χ0n) is 7.03. The van der Waals surface area contributed by atoms with Crippen molar-refractivity contribution in [3.63, 3.8) is 0 Å². The molecule has 2 rings (SSSR count). The van der Waals surface area contributed by atoms with E-state index in [0.717, 1.165) is 13.1 Å². The molecule has 0 aliphatic carbocycles. The minimum atomic E-state index is 1.09. The number of nitrogens with one attached hydrogen (secondary N) is 1. The molecule has 1 aromatic heterocycles. The Labute approximate surface area is 71.4 Å². The Morgan fingerprint density at radius 3 is 2.91 bits per heavy atom. The number of fused-ring (bicyclic) bond motifs is 1. The summed E-state index contributed by atoms with van der Waals surface area (Å²) in [4.78, 5) is 3.11. The van der Waals surface area contributed by atoms with Gasteiger partial charge in [0, 0.05) is 22.8 Å². The molecule has 0 aromatic carbocycles. The number of hydrogen-bond acceptors (Lipinski definition) is 2. The highest BCUT2D eigenvalue weighted by Crippen LogP contribution is 2.29. The van der Waals surface area contributed by atoms with Gasteiger partial charge in [0.1, 0.15) is 0 Å². The van der Waals surface area contributed by atoms with E-state index in [4.69, 9.17) is 0 Å². The van der Waals surface area contributed by atoms with E-state index in [1.165, 1.54) is 16.9 Å². The average Bonchev–Trinajstić information content (AvgIpc) is 2.30. The quantitative estimate of drug-likeness (QED) is 0.623. The van der Waals surface area contributed by atoms with E-state index in [-0.39, 0.29) is 0 Å². The van der Waals surface area contributed by atoms with Crippen molar-refractivity contribution in [2.45, 2.75) is 26.8 Å². The molecule has 11 heavy (non-hydrogen) atoms. The van der Waals surface area contributed by atoms with Gasteiger partial charge in [0.25, 0.3) is 0 Å². The van der Waals surface area contributed by atoms with E-state index in [1.54, 1.807) is 10.4 Å². The highest BCUT2D eigenvalue weighted by atomic mass is 32.1. The maximum atomic E-state index is 3.40. The van der Waals surface area contributed by atoms with Crippen molar-refractivity contribution in [1.29, 1.82) is 0 Å². The van der Waals surface area contributed by atoms with Crippen LogP contribution in [0.1, 0.15) is 20.9 Å². The molecule has 0 saturated heterocycles. The zero-order valence-corrected chi connectivity index (χ0v) is 7.85. The van der Waals surface area contributed by atoms with E-state index in [2.05, 4.69) is 19.2 Å². The van der Waals surface area contributed by atoms with Crippen molar-refractivity contribution in [1.82, 2.24) is 5.32 Å². The lowest BCUT2D eigenvalue weighted by atomic mass is 10.1. The van der Waals surface area contributed by atoms with Gasteiger partial charge in [-0.2, -0.15) is 0 Å². The molecular formula is C9H13NS. The minimum Gasteiger partial charge on any atom is -0.312 e. The van der Waals surface area contributed by atoms with Gasteiger partial charge in [0.05, 0.1) is 0 Å². The molecule has 1 aliphatic rings. The standard InChI is InChI=1S/C9H13NS/c1-6-7(2)11-9-3-4-10-5-8(6)9/h10H,3-5H2,1-2H3. The molecule has 2 heterocycles. The first-order valence-electron chi connectivity index (χ1n) is 4.07. The monoisotopic (exact) mass is 167 g/mol. The number of aryl methyl sites for hydroxylation is 1. The van der Waals surface area contributed by atoms with E-state index >= 15 is 0 Å². The molecule has 2 heteroatoms. The Bertz CT molecular complexity index is 275. The predicted octanol–water partition coefficient (Wildman–Crippen LogP) is 2.01. The van der Waals surface area contributed by atoms with Crippen LogP contribution in [0.3, 0.4) is 0 Å². The molecule has 1 nitrogen and oxygen atoms in total. The third-order valence-electron chi connectivity index (χ3n) is 2.42. The van der Waals surface area contributed by atoms with Gasteiger partial charge in [-0.15, -0.1) is 11.3 Å². The molecule has 0 bridgehead atoms. The molecule has 0 atom stereocenters. The summed E-state index contributed by atoms with van der Waals surface area (Å²) in [7, 11) is 0. The highest BCUT2D eigenvalue weighted by Gasteiger charge is 2.14. The smallest absolute Gasteiger partial charge is 0.0219 e. The fourth-order valence-corrected chi connectivity index (χ4v) is 2.79. The molecule has 1 aromatic rings. The molecule has 1 N–H and O–H groups in total. The molecular weight excluding hydrogens is 154 g/mol. The second kappa shape index (κ2) is 2.61. The van der Waals surface area contributed by atoms with Crippen molar-refractivity contribution >= 4 is 11.3 Å². The van der Waals surface area contributed by atoms with Crippen LogP contribution in [-0.2, 0) is 13.0 Å². The lowest BCUT2D eigenvalue weighted by Gasteiger charge is -2.12. The van der Waals surface area contributed by atoms with Gasteiger partial charge < -0.3 is 5.32 Å². The Kier molecular flexibility index (Phi) is 1.74. The Morgan fingerprint density at radius 1 is 1.36 bits per heavy atom. The second-order valence-electron chi connectivity index (χ2n) is 3.11. The number of hydrogen-bond donors (Lipinski definition) is 1. The maximum absolute atomic E-state index is 3.40. The lowest BCUT2D eigenvalue weighted by Crippen LogP contribution is -2.22. The first kappa shape index (κ1) is 7.32. The van der Waals surface area contributed by atoms with Crippen LogP contribution < -0.4 is 5.32 Å². The van der Waals surface area contributed by atoms with Gasteiger partial charge in [-0.05, 0) is 31.4 Å². The molecule has 0 saturated carbocycles. The van der Waals surface area contributed by atoms with Crippen molar-refractivity contribution in [2.24, 2.45) is 0 Å². The third kappa shape index (κ3) is 1.10. The van der Waals surface area contributed by atoms with Crippen LogP contribution in [0.4, 0.5) is 0 Å². The fourth-order valence-electron chi connectivity index (χ4n) is 1.59. The van der Waals surface area contributed by atoms with Crippen LogP contribution in [0, 0.1) is 13.8 Å².